The Kier molecular flexibility index (Phi) is 4.83. The molecule has 4 atom stereocenters. The van der Waals surface area contributed by atoms with E-state index in [0.717, 1.165) is 17.2 Å². The highest BCUT2D eigenvalue weighted by Gasteiger charge is 2.34. The van der Waals surface area contributed by atoms with E-state index in [1.165, 1.54) is 18.4 Å². The maximum absolute atomic E-state index is 12.9. The largest absolute Gasteiger partial charge is 0.254 e. The normalized spacial score (nSPS) is 29.4. The van der Waals surface area contributed by atoms with Crippen LogP contribution in [0.25, 0.3) is 0 Å². The van der Waals surface area contributed by atoms with Crippen LogP contribution in [0.2, 0.25) is 0 Å². The van der Waals surface area contributed by atoms with Gasteiger partial charge in [-0.25, -0.2) is 0 Å². The Morgan fingerprint density at radius 2 is 1.79 bits per heavy atom. The van der Waals surface area contributed by atoms with Gasteiger partial charge in [-0.1, -0.05) is 44.9 Å². The van der Waals surface area contributed by atoms with Gasteiger partial charge in [-0.05, 0) is 49.7 Å². The molecule has 1 aromatic rings. The standard InChI is InChI=1S/C17H26OS/c1-12(2)16-10-7-14(4)11-17(16)19(18)15-8-5-13(3)6-9-15/h5-6,8-9,12,14,16-17H,7,10-11H2,1-4H3/t14-,16+,17-,19?/m1/s1. The second-order valence-electron chi connectivity index (χ2n) is 6.48. The van der Waals surface area contributed by atoms with Crippen LogP contribution in [-0.2, 0) is 10.8 Å². The smallest absolute Gasteiger partial charge is 0.0563 e. The SMILES string of the molecule is Cc1ccc(S(=O)[C@@H]2C[C@H](C)CC[C@H]2C(C)C)cc1. The van der Waals surface area contributed by atoms with Crippen molar-refractivity contribution in [3.05, 3.63) is 29.8 Å². The molecule has 0 spiro atoms. The predicted molar refractivity (Wildman–Crippen MR) is 82.7 cm³/mol. The average molecular weight is 278 g/mol. The van der Waals surface area contributed by atoms with Gasteiger partial charge in [0.25, 0.3) is 0 Å². The molecular weight excluding hydrogens is 252 g/mol. The Bertz CT molecular complexity index is 435. The van der Waals surface area contributed by atoms with E-state index in [-0.39, 0.29) is 0 Å². The molecule has 1 aromatic carbocycles. The molecule has 0 aliphatic heterocycles. The molecule has 1 unspecified atom stereocenters. The third-order valence-electron chi connectivity index (χ3n) is 4.49. The lowest BCUT2D eigenvalue weighted by Gasteiger charge is -2.36. The van der Waals surface area contributed by atoms with E-state index >= 15 is 0 Å². The van der Waals surface area contributed by atoms with Crippen molar-refractivity contribution in [3.8, 4) is 0 Å². The highest BCUT2D eigenvalue weighted by atomic mass is 32.2. The zero-order valence-corrected chi connectivity index (χ0v) is 13.4. The van der Waals surface area contributed by atoms with Crippen molar-refractivity contribution in [2.75, 3.05) is 0 Å². The van der Waals surface area contributed by atoms with Crippen LogP contribution in [0.4, 0.5) is 0 Å². The minimum atomic E-state index is -0.849. The van der Waals surface area contributed by atoms with Gasteiger partial charge >= 0.3 is 0 Å². The summed E-state index contributed by atoms with van der Waals surface area (Å²) in [6.07, 6.45) is 3.65. The van der Waals surface area contributed by atoms with Gasteiger partial charge in [0.15, 0.2) is 0 Å². The topological polar surface area (TPSA) is 17.1 Å². The average Bonchev–Trinajstić information content (AvgIpc) is 2.38. The molecule has 0 saturated heterocycles. The lowest BCUT2D eigenvalue weighted by Crippen LogP contribution is -2.35. The highest BCUT2D eigenvalue weighted by molar-refractivity contribution is 7.85. The summed E-state index contributed by atoms with van der Waals surface area (Å²) < 4.78 is 12.9. The fraction of sp³-hybridized carbons (Fsp3) is 0.647. The zero-order chi connectivity index (χ0) is 14.0. The zero-order valence-electron chi connectivity index (χ0n) is 12.6. The minimum absolute atomic E-state index is 0.339. The number of aryl methyl sites for hydroxylation is 1. The van der Waals surface area contributed by atoms with E-state index in [9.17, 15) is 4.21 Å². The van der Waals surface area contributed by atoms with Crippen molar-refractivity contribution < 1.29 is 4.21 Å². The third kappa shape index (κ3) is 3.47. The number of rotatable bonds is 3. The molecule has 2 heteroatoms. The quantitative estimate of drug-likeness (QED) is 0.792. The summed E-state index contributed by atoms with van der Waals surface area (Å²) in [6, 6.07) is 8.23. The van der Waals surface area contributed by atoms with Gasteiger partial charge in [-0.3, -0.25) is 4.21 Å². The molecule has 1 aliphatic carbocycles. The van der Waals surface area contributed by atoms with Crippen LogP contribution in [0.5, 0.6) is 0 Å². The summed E-state index contributed by atoms with van der Waals surface area (Å²) in [7, 11) is -0.849. The van der Waals surface area contributed by atoms with Crippen molar-refractivity contribution in [1.82, 2.24) is 0 Å². The third-order valence-corrected chi connectivity index (χ3v) is 6.32. The van der Waals surface area contributed by atoms with Crippen LogP contribution in [0.1, 0.15) is 45.6 Å². The number of hydrogen-bond acceptors (Lipinski definition) is 1. The molecule has 106 valence electrons. The first kappa shape index (κ1) is 14.8. The molecule has 1 fully saturated rings. The molecule has 1 saturated carbocycles. The summed E-state index contributed by atoms with van der Waals surface area (Å²) in [6.45, 7) is 8.93. The van der Waals surface area contributed by atoms with Gasteiger partial charge < -0.3 is 0 Å². The van der Waals surface area contributed by atoms with Crippen molar-refractivity contribution in [2.24, 2.45) is 17.8 Å². The fourth-order valence-electron chi connectivity index (χ4n) is 3.21. The minimum Gasteiger partial charge on any atom is -0.254 e. The Hall–Kier alpha value is -0.630. The Balaban J connectivity index is 2.21. The summed E-state index contributed by atoms with van der Waals surface area (Å²) in [5, 5.41) is 0.339. The van der Waals surface area contributed by atoms with Gasteiger partial charge in [0.1, 0.15) is 0 Å². The van der Waals surface area contributed by atoms with Crippen LogP contribution >= 0.6 is 0 Å². The summed E-state index contributed by atoms with van der Waals surface area (Å²) in [5.41, 5.74) is 1.23. The Morgan fingerprint density at radius 1 is 1.16 bits per heavy atom. The number of benzene rings is 1. The first-order chi connectivity index (χ1) is 8.99. The van der Waals surface area contributed by atoms with Gasteiger partial charge in [0, 0.05) is 10.1 Å². The molecular formula is C17H26OS. The van der Waals surface area contributed by atoms with E-state index in [1.807, 2.05) is 12.1 Å². The van der Waals surface area contributed by atoms with E-state index in [1.54, 1.807) is 0 Å². The van der Waals surface area contributed by atoms with E-state index < -0.39 is 10.8 Å². The molecule has 0 N–H and O–H groups in total. The lowest BCUT2D eigenvalue weighted by atomic mass is 9.77. The molecule has 1 nitrogen and oxygen atoms in total. The molecule has 0 radical (unpaired) electrons. The highest BCUT2D eigenvalue weighted by Crippen LogP contribution is 2.37. The van der Waals surface area contributed by atoms with Crippen molar-refractivity contribution >= 4 is 10.8 Å². The van der Waals surface area contributed by atoms with Crippen LogP contribution in [0.15, 0.2) is 29.2 Å². The van der Waals surface area contributed by atoms with Gasteiger partial charge in [-0.15, -0.1) is 0 Å². The van der Waals surface area contributed by atoms with E-state index in [2.05, 4.69) is 39.8 Å². The summed E-state index contributed by atoms with van der Waals surface area (Å²) in [5.74, 6) is 1.96. The lowest BCUT2D eigenvalue weighted by molar-refractivity contribution is 0.241. The van der Waals surface area contributed by atoms with Crippen LogP contribution < -0.4 is 0 Å². The van der Waals surface area contributed by atoms with Crippen LogP contribution in [0, 0.1) is 24.7 Å². The molecule has 2 rings (SSSR count). The Labute approximate surface area is 120 Å². The Morgan fingerprint density at radius 3 is 2.37 bits per heavy atom. The second kappa shape index (κ2) is 6.21. The molecule has 0 amide bonds. The monoisotopic (exact) mass is 278 g/mol. The van der Waals surface area contributed by atoms with Crippen molar-refractivity contribution in [2.45, 2.75) is 57.1 Å². The van der Waals surface area contributed by atoms with Crippen molar-refractivity contribution in [3.63, 3.8) is 0 Å². The van der Waals surface area contributed by atoms with E-state index in [0.29, 0.717) is 17.1 Å². The van der Waals surface area contributed by atoms with Gasteiger partial charge in [0.05, 0.1) is 10.8 Å². The fourth-order valence-corrected chi connectivity index (χ4v) is 5.23. The van der Waals surface area contributed by atoms with Crippen LogP contribution in [0.3, 0.4) is 0 Å². The molecule has 1 aliphatic rings. The second-order valence-corrected chi connectivity index (χ2v) is 8.15. The molecule has 19 heavy (non-hydrogen) atoms. The van der Waals surface area contributed by atoms with Gasteiger partial charge in [-0.2, -0.15) is 0 Å². The molecule has 0 aromatic heterocycles. The number of hydrogen-bond donors (Lipinski definition) is 0. The first-order valence-corrected chi connectivity index (χ1v) is 8.67. The first-order valence-electron chi connectivity index (χ1n) is 7.46. The predicted octanol–water partition coefficient (Wildman–Crippen LogP) is 4.56. The maximum atomic E-state index is 12.9. The van der Waals surface area contributed by atoms with Gasteiger partial charge in [0.2, 0.25) is 0 Å². The van der Waals surface area contributed by atoms with Crippen LogP contribution in [-0.4, -0.2) is 9.46 Å². The summed E-state index contributed by atoms with van der Waals surface area (Å²) in [4.78, 5) is 1.01. The molecule has 0 bridgehead atoms. The molecule has 0 heterocycles. The van der Waals surface area contributed by atoms with Crippen molar-refractivity contribution in [1.29, 1.82) is 0 Å². The maximum Gasteiger partial charge on any atom is 0.0563 e. The van der Waals surface area contributed by atoms with E-state index in [4.69, 9.17) is 0 Å². The summed E-state index contributed by atoms with van der Waals surface area (Å²) >= 11 is 0.